The van der Waals surface area contributed by atoms with Gasteiger partial charge in [0.05, 0.1) is 12.6 Å². The van der Waals surface area contributed by atoms with Crippen LogP contribution in [0.4, 0.5) is 13.2 Å². The van der Waals surface area contributed by atoms with Gasteiger partial charge in [-0.3, -0.25) is 4.79 Å². The van der Waals surface area contributed by atoms with Gasteiger partial charge in [0.1, 0.15) is 18.0 Å². The van der Waals surface area contributed by atoms with Gasteiger partial charge in [-0.05, 0) is 19.1 Å². The fraction of sp³-hybridized carbons (Fsp3) is 0.400. The number of para-hydroxylation sites is 1. The summed E-state index contributed by atoms with van der Waals surface area (Å²) in [4.78, 5) is 11.7. The molecule has 0 aliphatic carbocycles. The lowest BCUT2D eigenvalue weighted by Gasteiger charge is -2.12. The zero-order valence-electron chi connectivity index (χ0n) is 11.9. The Hall–Kier alpha value is -2.02. The van der Waals surface area contributed by atoms with Gasteiger partial charge in [-0.15, -0.1) is 0 Å². The van der Waals surface area contributed by atoms with Crippen molar-refractivity contribution in [1.29, 1.82) is 0 Å². The van der Waals surface area contributed by atoms with E-state index in [0.717, 1.165) is 5.39 Å². The standard InChI is InChI=1S/C15H16F3NO3/c1-10(13-8-11-4-2-3-5-12(11)22-13)19-14(20)6-7-21-9-15(16,17)18/h2-5,8,10H,6-7,9H2,1H3,(H,19,20). The highest BCUT2D eigenvalue weighted by molar-refractivity contribution is 5.79. The van der Waals surface area contributed by atoms with E-state index in [9.17, 15) is 18.0 Å². The summed E-state index contributed by atoms with van der Waals surface area (Å²) in [5.41, 5.74) is 0.715. The van der Waals surface area contributed by atoms with Crippen LogP contribution in [0.2, 0.25) is 0 Å². The Balaban J connectivity index is 1.81. The molecule has 0 aliphatic rings. The number of halogens is 3. The minimum Gasteiger partial charge on any atom is -0.459 e. The average molecular weight is 315 g/mol. The van der Waals surface area contributed by atoms with E-state index in [1.165, 1.54) is 0 Å². The molecule has 2 rings (SSSR count). The molecule has 120 valence electrons. The van der Waals surface area contributed by atoms with Crippen LogP contribution in [0.15, 0.2) is 34.7 Å². The largest absolute Gasteiger partial charge is 0.459 e. The Labute approximate surface area is 125 Å². The second kappa shape index (κ2) is 6.83. The predicted octanol–water partition coefficient (Wildman–Crippen LogP) is 3.58. The van der Waals surface area contributed by atoms with Gasteiger partial charge < -0.3 is 14.5 Å². The number of carbonyl (C=O) groups is 1. The third kappa shape index (κ3) is 4.77. The van der Waals surface area contributed by atoms with Crippen molar-refractivity contribution in [2.45, 2.75) is 25.6 Å². The maximum atomic E-state index is 11.9. The number of benzene rings is 1. The van der Waals surface area contributed by atoms with Crippen molar-refractivity contribution in [3.8, 4) is 0 Å². The molecular formula is C15H16F3NO3. The SMILES string of the molecule is CC(NC(=O)CCOCC(F)(F)F)c1cc2ccccc2o1. The fourth-order valence-electron chi connectivity index (χ4n) is 1.95. The molecule has 2 aromatic rings. The van der Waals surface area contributed by atoms with Gasteiger partial charge in [-0.2, -0.15) is 13.2 Å². The molecule has 1 heterocycles. The Morgan fingerprint density at radius 2 is 2.09 bits per heavy atom. The second-order valence-electron chi connectivity index (χ2n) is 4.89. The number of ether oxygens (including phenoxy) is 1. The van der Waals surface area contributed by atoms with Crippen LogP contribution in [0.25, 0.3) is 11.0 Å². The number of hydrogen-bond acceptors (Lipinski definition) is 3. The number of hydrogen-bond donors (Lipinski definition) is 1. The van der Waals surface area contributed by atoms with Crippen LogP contribution < -0.4 is 5.32 Å². The summed E-state index contributed by atoms with van der Waals surface area (Å²) in [6.45, 7) is 0.115. The number of amides is 1. The Morgan fingerprint density at radius 3 is 2.77 bits per heavy atom. The molecule has 22 heavy (non-hydrogen) atoms. The van der Waals surface area contributed by atoms with Gasteiger partial charge in [0.2, 0.25) is 5.91 Å². The van der Waals surface area contributed by atoms with E-state index in [1.807, 2.05) is 30.3 Å². The number of carbonyl (C=O) groups excluding carboxylic acids is 1. The lowest BCUT2D eigenvalue weighted by molar-refractivity contribution is -0.174. The molecule has 0 bridgehead atoms. The van der Waals surface area contributed by atoms with Crippen molar-refractivity contribution in [2.75, 3.05) is 13.2 Å². The van der Waals surface area contributed by atoms with Crippen molar-refractivity contribution in [3.05, 3.63) is 36.1 Å². The van der Waals surface area contributed by atoms with Crippen LogP contribution in [0.1, 0.15) is 25.1 Å². The minimum atomic E-state index is -4.38. The number of alkyl halides is 3. The Kier molecular flexibility index (Phi) is 5.07. The van der Waals surface area contributed by atoms with Crippen LogP contribution in [-0.2, 0) is 9.53 Å². The number of furan rings is 1. The van der Waals surface area contributed by atoms with E-state index in [4.69, 9.17) is 4.42 Å². The topological polar surface area (TPSA) is 51.5 Å². The first-order valence-corrected chi connectivity index (χ1v) is 6.77. The van der Waals surface area contributed by atoms with Gasteiger partial charge >= 0.3 is 6.18 Å². The Bertz CT molecular complexity index is 603. The van der Waals surface area contributed by atoms with E-state index in [0.29, 0.717) is 11.3 Å². The number of nitrogens with one attached hydrogen (secondary N) is 1. The van der Waals surface area contributed by atoms with Gasteiger partial charge in [0.15, 0.2) is 0 Å². The third-order valence-corrected chi connectivity index (χ3v) is 2.99. The first-order valence-electron chi connectivity index (χ1n) is 6.77. The second-order valence-corrected chi connectivity index (χ2v) is 4.89. The van der Waals surface area contributed by atoms with Crippen LogP contribution in [-0.4, -0.2) is 25.3 Å². The minimum absolute atomic E-state index is 0.138. The molecule has 0 radical (unpaired) electrons. The monoisotopic (exact) mass is 315 g/mol. The summed E-state index contributed by atoms with van der Waals surface area (Å²) in [5.74, 6) is 0.195. The lowest BCUT2D eigenvalue weighted by atomic mass is 10.2. The van der Waals surface area contributed by atoms with E-state index in [2.05, 4.69) is 10.1 Å². The average Bonchev–Trinajstić information content (AvgIpc) is 2.86. The van der Waals surface area contributed by atoms with Gasteiger partial charge in [0, 0.05) is 11.8 Å². The maximum absolute atomic E-state index is 11.9. The first kappa shape index (κ1) is 16.4. The molecule has 1 unspecified atom stereocenters. The van der Waals surface area contributed by atoms with Crippen LogP contribution >= 0.6 is 0 Å². The third-order valence-electron chi connectivity index (χ3n) is 2.99. The molecule has 0 saturated heterocycles. The van der Waals surface area contributed by atoms with Gasteiger partial charge in [0.25, 0.3) is 0 Å². The van der Waals surface area contributed by atoms with Crippen LogP contribution in [0, 0.1) is 0 Å². The Morgan fingerprint density at radius 1 is 1.36 bits per heavy atom. The molecule has 0 fully saturated rings. The first-order chi connectivity index (χ1) is 10.3. The predicted molar refractivity (Wildman–Crippen MR) is 74.3 cm³/mol. The molecule has 0 spiro atoms. The molecular weight excluding hydrogens is 299 g/mol. The van der Waals surface area contributed by atoms with E-state index in [1.54, 1.807) is 6.92 Å². The summed E-state index contributed by atoms with van der Waals surface area (Å²) in [6.07, 6.45) is -4.52. The summed E-state index contributed by atoms with van der Waals surface area (Å²) >= 11 is 0. The van der Waals surface area contributed by atoms with Gasteiger partial charge in [-0.1, -0.05) is 18.2 Å². The normalized spacial score (nSPS) is 13.3. The van der Waals surface area contributed by atoms with E-state index < -0.39 is 18.7 Å². The lowest BCUT2D eigenvalue weighted by Crippen LogP contribution is -2.28. The molecule has 1 N–H and O–H groups in total. The van der Waals surface area contributed by atoms with Gasteiger partial charge in [-0.25, -0.2) is 0 Å². The summed E-state index contributed by atoms with van der Waals surface area (Å²) in [7, 11) is 0. The molecule has 1 aromatic heterocycles. The summed E-state index contributed by atoms with van der Waals surface area (Å²) < 4.78 is 45.6. The van der Waals surface area contributed by atoms with Crippen molar-refractivity contribution in [3.63, 3.8) is 0 Å². The molecule has 1 aromatic carbocycles. The zero-order chi connectivity index (χ0) is 16.2. The van der Waals surface area contributed by atoms with E-state index >= 15 is 0 Å². The van der Waals surface area contributed by atoms with Crippen molar-refractivity contribution < 1.29 is 27.1 Å². The zero-order valence-corrected chi connectivity index (χ0v) is 11.9. The molecule has 1 amide bonds. The van der Waals surface area contributed by atoms with Crippen LogP contribution in [0.3, 0.4) is 0 Å². The molecule has 4 nitrogen and oxygen atoms in total. The maximum Gasteiger partial charge on any atom is 0.411 e. The molecule has 1 atom stereocenters. The van der Waals surface area contributed by atoms with Crippen LogP contribution in [0.5, 0.6) is 0 Å². The highest BCUT2D eigenvalue weighted by Gasteiger charge is 2.27. The highest BCUT2D eigenvalue weighted by atomic mass is 19.4. The summed E-state index contributed by atoms with van der Waals surface area (Å²) in [6, 6.07) is 8.88. The van der Waals surface area contributed by atoms with Crippen molar-refractivity contribution >= 4 is 16.9 Å². The molecule has 0 saturated carbocycles. The quantitative estimate of drug-likeness (QED) is 0.829. The highest BCUT2D eigenvalue weighted by Crippen LogP contribution is 2.23. The van der Waals surface area contributed by atoms with Crippen molar-refractivity contribution in [1.82, 2.24) is 5.32 Å². The number of rotatable bonds is 6. The fourth-order valence-corrected chi connectivity index (χ4v) is 1.95. The molecule has 7 heteroatoms. The van der Waals surface area contributed by atoms with Crippen molar-refractivity contribution in [2.24, 2.45) is 0 Å². The van der Waals surface area contributed by atoms with E-state index in [-0.39, 0.29) is 19.1 Å². The number of fused-ring (bicyclic) bond motifs is 1. The smallest absolute Gasteiger partial charge is 0.411 e. The summed E-state index contributed by atoms with van der Waals surface area (Å²) in [5, 5.41) is 3.58. The molecule has 0 aliphatic heterocycles.